The molecule has 1 saturated carbocycles. The molecule has 1 rings (SSSR count). The summed E-state index contributed by atoms with van der Waals surface area (Å²) >= 11 is 0. The predicted molar refractivity (Wildman–Crippen MR) is 91.2 cm³/mol. The monoisotopic (exact) mass is 281 g/mol. The summed E-state index contributed by atoms with van der Waals surface area (Å²) in [6.45, 7) is 13.6. The van der Waals surface area contributed by atoms with Gasteiger partial charge in [-0.05, 0) is 43.4 Å². The Balaban J connectivity index is 2.47. The Hall–Kier alpha value is -0.0400. The van der Waals surface area contributed by atoms with Crippen LogP contribution in [0.25, 0.3) is 0 Å². The van der Waals surface area contributed by atoms with Gasteiger partial charge >= 0.3 is 0 Å². The summed E-state index contributed by atoms with van der Waals surface area (Å²) in [4.78, 5) is 2.83. The molecule has 1 nitrogen and oxygen atoms in total. The van der Waals surface area contributed by atoms with Crippen LogP contribution in [-0.2, 0) is 0 Å². The van der Waals surface area contributed by atoms with Gasteiger partial charge in [0.2, 0.25) is 0 Å². The second-order valence-corrected chi connectivity index (χ2v) is 7.33. The Morgan fingerprint density at radius 1 is 0.950 bits per heavy atom. The summed E-state index contributed by atoms with van der Waals surface area (Å²) in [5, 5.41) is 0. The van der Waals surface area contributed by atoms with E-state index in [0.29, 0.717) is 0 Å². The van der Waals surface area contributed by atoms with E-state index < -0.39 is 0 Å². The molecule has 20 heavy (non-hydrogen) atoms. The van der Waals surface area contributed by atoms with Gasteiger partial charge < -0.3 is 4.90 Å². The predicted octanol–water partition coefficient (Wildman–Crippen LogP) is 5.74. The fourth-order valence-electron chi connectivity index (χ4n) is 4.00. The molecule has 0 N–H and O–H groups in total. The van der Waals surface area contributed by atoms with E-state index >= 15 is 0 Å². The van der Waals surface area contributed by atoms with Crippen LogP contribution in [0.5, 0.6) is 0 Å². The Morgan fingerprint density at radius 3 is 2.15 bits per heavy atom. The maximum Gasteiger partial charge on any atom is 0.000989 e. The smallest absolute Gasteiger partial charge is 0.000989 e. The molecule has 0 amide bonds. The van der Waals surface area contributed by atoms with Gasteiger partial charge in [0.05, 0.1) is 0 Å². The standard InChI is InChI=1S/C19H39N/c1-5-10-17(4)14-20(15-18(7-3)11-6-2)16-19-12-8-9-13-19/h17-19H,5-16H2,1-4H3. The molecule has 0 saturated heterocycles. The van der Waals surface area contributed by atoms with Crippen LogP contribution in [0.15, 0.2) is 0 Å². The van der Waals surface area contributed by atoms with E-state index in [2.05, 4.69) is 32.6 Å². The van der Waals surface area contributed by atoms with Crippen molar-refractivity contribution in [1.82, 2.24) is 4.90 Å². The lowest BCUT2D eigenvalue weighted by molar-refractivity contribution is 0.166. The molecule has 1 heteroatoms. The fourth-order valence-corrected chi connectivity index (χ4v) is 4.00. The zero-order chi connectivity index (χ0) is 14.8. The largest absolute Gasteiger partial charge is 0.303 e. The Kier molecular flexibility index (Phi) is 9.59. The molecule has 0 aromatic carbocycles. The molecule has 0 aromatic rings. The topological polar surface area (TPSA) is 3.24 Å². The van der Waals surface area contributed by atoms with E-state index in [1.165, 1.54) is 77.4 Å². The summed E-state index contributed by atoms with van der Waals surface area (Å²) in [6.07, 6.45) is 12.8. The molecule has 2 atom stereocenters. The molecule has 0 aliphatic heterocycles. The van der Waals surface area contributed by atoms with Crippen LogP contribution in [0, 0.1) is 17.8 Å². The highest BCUT2D eigenvalue weighted by Crippen LogP contribution is 2.27. The number of nitrogens with zero attached hydrogens (tertiary/aromatic N) is 1. The second kappa shape index (κ2) is 10.7. The van der Waals surface area contributed by atoms with E-state index in [1.54, 1.807) is 0 Å². The van der Waals surface area contributed by atoms with Crippen LogP contribution < -0.4 is 0 Å². The van der Waals surface area contributed by atoms with Crippen molar-refractivity contribution in [3.63, 3.8) is 0 Å². The van der Waals surface area contributed by atoms with Gasteiger partial charge in [-0.2, -0.15) is 0 Å². The van der Waals surface area contributed by atoms with Gasteiger partial charge in [-0.25, -0.2) is 0 Å². The first-order chi connectivity index (χ1) is 9.69. The quantitative estimate of drug-likeness (QED) is 0.466. The fraction of sp³-hybridized carbons (Fsp3) is 1.00. The van der Waals surface area contributed by atoms with Gasteiger partial charge in [-0.1, -0.05) is 59.8 Å². The first-order valence-corrected chi connectivity index (χ1v) is 9.41. The third-order valence-corrected chi connectivity index (χ3v) is 5.13. The van der Waals surface area contributed by atoms with Gasteiger partial charge in [-0.3, -0.25) is 0 Å². The van der Waals surface area contributed by atoms with Crippen LogP contribution in [0.2, 0.25) is 0 Å². The summed E-state index contributed by atoms with van der Waals surface area (Å²) in [6, 6.07) is 0. The second-order valence-electron chi connectivity index (χ2n) is 7.33. The number of hydrogen-bond donors (Lipinski definition) is 0. The van der Waals surface area contributed by atoms with Gasteiger partial charge in [0.25, 0.3) is 0 Å². The first kappa shape index (κ1) is 18.0. The zero-order valence-corrected chi connectivity index (χ0v) is 14.7. The van der Waals surface area contributed by atoms with Crippen LogP contribution in [0.1, 0.15) is 85.5 Å². The van der Waals surface area contributed by atoms with Crippen molar-refractivity contribution in [2.75, 3.05) is 19.6 Å². The molecule has 0 bridgehead atoms. The molecule has 120 valence electrons. The Labute approximate surface area is 128 Å². The minimum absolute atomic E-state index is 0.875. The Morgan fingerprint density at radius 2 is 1.60 bits per heavy atom. The van der Waals surface area contributed by atoms with Crippen molar-refractivity contribution in [1.29, 1.82) is 0 Å². The first-order valence-electron chi connectivity index (χ1n) is 9.41. The summed E-state index contributed by atoms with van der Waals surface area (Å²) in [5.41, 5.74) is 0. The van der Waals surface area contributed by atoms with Crippen LogP contribution in [0.3, 0.4) is 0 Å². The third kappa shape index (κ3) is 7.11. The molecule has 2 unspecified atom stereocenters. The van der Waals surface area contributed by atoms with E-state index in [-0.39, 0.29) is 0 Å². The van der Waals surface area contributed by atoms with Crippen molar-refractivity contribution in [2.45, 2.75) is 85.5 Å². The van der Waals surface area contributed by atoms with Crippen LogP contribution in [0.4, 0.5) is 0 Å². The van der Waals surface area contributed by atoms with E-state index in [4.69, 9.17) is 0 Å². The lowest BCUT2D eigenvalue weighted by Crippen LogP contribution is -2.36. The highest BCUT2D eigenvalue weighted by atomic mass is 15.1. The molecule has 0 heterocycles. The minimum atomic E-state index is 0.875. The van der Waals surface area contributed by atoms with Crippen LogP contribution in [-0.4, -0.2) is 24.5 Å². The molecule has 0 spiro atoms. The Bertz CT molecular complexity index is 220. The van der Waals surface area contributed by atoms with Gasteiger partial charge in [0.15, 0.2) is 0 Å². The van der Waals surface area contributed by atoms with Crippen molar-refractivity contribution in [3.8, 4) is 0 Å². The average molecular weight is 282 g/mol. The zero-order valence-electron chi connectivity index (χ0n) is 14.7. The van der Waals surface area contributed by atoms with E-state index in [0.717, 1.165) is 17.8 Å². The summed E-state index contributed by atoms with van der Waals surface area (Å²) in [7, 11) is 0. The molecule has 1 aliphatic rings. The SMILES string of the molecule is CCCC(C)CN(CC(CC)CCC)CC1CCCC1. The van der Waals surface area contributed by atoms with Gasteiger partial charge in [0.1, 0.15) is 0 Å². The van der Waals surface area contributed by atoms with E-state index in [9.17, 15) is 0 Å². The van der Waals surface area contributed by atoms with Gasteiger partial charge in [0, 0.05) is 19.6 Å². The lowest BCUT2D eigenvalue weighted by atomic mass is 9.97. The third-order valence-electron chi connectivity index (χ3n) is 5.13. The van der Waals surface area contributed by atoms with Crippen molar-refractivity contribution < 1.29 is 0 Å². The molecule has 1 aliphatic carbocycles. The molecule has 1 fully saturated rings. The van der Waals surface area contributed by atoms with Crippen molar-refractivity contribution in [2.24, 2.45) is 17.8 Å². The highest BCUT2D eigenvalue weighted by molar-refractivity contribution is 4.75. The summed E-state index contributed by atoms with van der Waals surface area (Å²) < 4.78 is 0. The molecule has 0 aromatic heterocycles. The number of hydrogen-bond acceptors (Lipinski definition) is 1. The average Bonchev–Trinajstić information content (AvgIpc) is 2.91. The maximum atomic E-state index is 2.83. The lowest BCUT2D eigenvalue weighted by Gasteiger charge is -2.31. The van der Waals surface area contributed by atoms with E-state index in [1.807, 2.05) is 0 Å². The van der Waals surface area contributed by atoms with Gasteiger partial charge in [-0.15, -0.1) is 0 Å². The summed E-state index contributed by atoms with van der Waals surface area (Å²) in [5.74, 6) is 2.80. The highest BCUT2D eigenvalue weighted by Gasteiger charge is 2.21. The molecular weight excluding hydrogens is 242 g/mol. The van der Waals surface area contributed by atoms with Crippen molar-refractivity contribution >= 4 is 0 Å². The number of rotatable bonds is 11. The van der Waals surface area contributed by atoms with Crippen molar-refractivity contribution in [3.05, 3.63) is 0 Å². The molecular formula is C19H39N. The normalized spacial score (nSPS) is 19.6. The minimum Gasteiger partial charge on any atom is -0.303 e. The van der Waals surface area contributed by atoms with Crippen LogP contribution >= 0.6 is 0 Å². The maximum absolute atomic E-state index is 2.83. The molecule has 0 radical (unpaired) electrons.